The topological polar surface area (TPSA) is 66.5 Å². The molecule has 0 fully saturated rings. The molecule has 0 saturated carbocycles. The maximum absolute atomic E-state index is 14.8. The predicted molar refractivity (Wildman–Crippen MR) is 113 cm³/mol. The van der Waals surface area contributed by atoms with Crippen LogP contribution in [-0.4, -0.2) is 36.8 Å². The third-order valence-electron chi connectivity index (χ3n) is 5.65. The summed E-state index contributed by atoms with van der Waals surface area (Å²) in [6.07, 6.45) is 9.12. The van der Waals surface area contributed by atoms with Crippen molar-refractivity contribution in [2.75, 3.05) is 11.4 Å². The van der Waals surface area contributed by atoms with Gasteiger partial charge in [0, 0.05) is 24.0 Å². The van der Waals surface area contributed by atoms with Crippen molar-refractivity contribution in [3.05, 3.63) is 59.7 Å². The van der Waals surface area contributed by atoms with Gasteiger partial charge in [-0.2, -0.15) is 4.98 Å². The molecule has 0 aliphatic carbocycles. The summed E-state index contributed by atoms with van der Waals surface area (Å²) >= 11 is 0. The molecular formula is C23H20FN5O. The molecule has 150 valence electrons. The van der Waals surface area contributed by atoms with E-state index in [1.54, 1.807) is 17.4 Å². The lowest BCUT2D eigenvalue weighted by molar-refractivity contribution is 0.122. The number of anilines is 2. The Bertz CT molecular complexity index is 1320. The standard InChI is InChI=1S/C23H20FN5O/c1-3-23(2,30)13-15-7-4-11-19-16(15)9-6-12-28(19)21-17-8-5-10-18(24)20(17)29-14-25-27-22(29)26-21/h1,4-5,7-8,10-11,14,30H,6,9,12-13H2,2H3. The van der Waals surface area contributed by atoms with E-state index in [-0.39, 0.29) is 5.82 Å². The molecule has 4 aromatic rings. The molecule has 0 saturated heterocycles. The fourth-order valence-electron chi connectivity index (χ4n) is 4.27. The number of aromatic nitrogens is 4. The molecule has 0 bridgehead atoms. The first-order chi connectivity index (χ1) is 14.5. The third kappa shape index (κ3) is 2.88. The van der Waals surface area contributed by atoms with Gasteiger partial charge >= 0.3 is 0 Å². The minimum Gasteiger partial charge on any atom is -0.378 e. The van der Waals surface area contributed by atoms with Gasteiger partial charge in [-0.25, -0.2) is 4.39 Å². The number of nitrogens with zero attached hydrogens (tertiary/aromatic N) is 5. The van der Waals surface area contributed by atoms with E-state index in [1.165, 1.54) is 12.4 Å². The van der Waals surface area contributed by atoms with Crippen LogP contribution in [0.5, 0.6) is 0 Å². The number of fused-ring (bicyclic) bond motifs is 4. The second-order valence-corrected chi connectivity index (χ2v) is 7.84. The number of hydrogen-bond acceptors (Lipinski definition) is 5. The van der Waals surface area contributed by atoms with Gasteiger partial charge in [0.1, 0.15) is 23.6 Å². The zero-order chi connectivity index (χ0) is 20.9. The van der Waals surface area contributed by atoms with Gasteiger partial charge in [0.15, 0.2) is 0 Å². The summed E-state index contributed by atoms with van der Waals surface area (Å²) in [4.78, 5) is 6.81. The Hall–Kier alpha value is -3.50. The summed E-state index contributed by atoms with van der Waals surface area (Å²) in [5.74, 6) is 3.10. The molecule has 3 heterocycles. The highest BCUT2D eigenvalue weighted by atomic mass is 19.1. The van der Waals surface area contributed by atoms with Gasteiger partial charge in [-0.15, -0.1) is 16.6 Å². The molecular weight excluding hydrogens is 381 g/mol. The van der Waals surface area contributed by atoms with Crippen molar-refractivity contribution in [3.63, 3.8) is 0 Å². The Morgan fingerprint density at radius 2 is 2.10 bits per heavy atom. The summed E-state index contributed by atoms with van der Waals surface area (Å²) < 4.78 is 16.3. The van der Waals surface area contributed by atoms with E-state index in [9.17, 15) is 9.50 Å². The fourth-order valence-corrected chi connectivity index (χ4v) is 4.27. The second kappa shape index (κ2) is 6.78. The lowest BCUT2D eigenvalue weighted by atomic mass is 9.89. The number of rotatable bonds is 3. The molecule has 1 aliphatic heterocycles. The normalized spacial score (nSPS) is 15.7. The van der Waals surface area contributed by atoms with E-state index < -0.39 is 5.60 Å². The Kier molecular flexibility index (Phi) is 4.19. The van der Waals surface area contributed by atoms with E-state index in [4.69, 9.17) is 11.4 Å². The lowest BCUT2D eigenvalue weighted by Crippen LogP contribution is -2.29. The van der Waals surface area contributed by atoms with Crippen LogP contribution in [0.25, 0.3) is 16.7 Å². The van der Waals surface area contributed by atoms with Gasteiger partial charge in [0.05, 0.1) is 5.52 Å². The van der Waals surface area contributed by atoms with Gasteiger partial charge in [-0.3, -0.25) is 4.40 Å². The van der Waals surface area contributed by atoms with E-state index in [2.05, 4.69) is 21.0 Å². The third-order valence-corrected chi connectivity index (χ3v) is 5.65. The van der Waals surface area contributed by atoms with Crippen LogP contribution in [0, 0.1) is 18.2 Å². The molecule has 0 amide bonds. The average molecular weight is 401 g/mol. The zero-order valence-corrected chi connectivity index (χ0v) is 16.5. The van der Waals surface area contributed by atoms with E-state index in [1.807, 2.05) is 24.3 Å². The zero-order valence-electron chi connectivity index (χ0n) is 16.5. The maximum atomic E-state index is 14.8. The quantitative estimate of drug-likeness (QED) is 0.533. The first kappa shape index (κ1) is 18.5. The van der Waals surface area contributed by atoms with Crippen molar-refractivity contribution < 1.29 is 9.50 Å². The van der Waals surface area contributed by atoms with Crippen LogP contribution in [0.3, 0.4) is 0 Å². The second-order valence-electron chi connectivity index (χ2n) is 7.84. The SMILES string of the molecule is C#CC(C)(O)Cc1cccc2c1CCCN2c1nc2nncn2c2c(F)cccc12. The molecule has 1 N–H and O–H groups in total. The van der Waals surface area contributed by atoms with Crippen molar-refractivity contribution in [2.45, 2.75) is 31.8 Å². The van der Waals surface area contributed by atoms with Crippen molar-refractivity contribution in [1.29, 1.82) is 0 Å². The fraction of sp³-hybridized carbons (Fsp3) is 0.261. The Morgan fingerprint density at radius 1 is 1.27 bits per heavy atom. The smallest absolute Gasteiger partial charge is 0.257 e. The predicted octanol–water partition coefficient (Wildman–Crippen LogP) is 3.43. The highest BCUT2D eigenvalue weighted by Crippen LogP contribution is 2.38. The Balaban J connectivity index is 1.72. The molecule has 6 nitrogen and oxygen atoms in total. The first-order valence-corrected chi connectivity index (χ1v) is 9.85. The van der Waals surface area contributed by atoms with E-state index in [0.717, 1.165) is 36.2 Å². The van der Waals surface area contributed by atoms with Crippen LogP contribution in [-0.2, 0) is 12.8 Å². The number of halogens is 1. The molecule has 5 rings (SSSR count). The molecule has 0 radical (unpaired) electrons. The number of para-hydroxylation sites is 1. The van der Waals surface area contributed by atoms with Gasteiger partial charge in [0.2, 0.25) is 0 Å². The monoisotopic (exact) mass is 401 g/mol. The molecule has 2 aromatic heterocycles. The van der Waals surface area contributed by atoms with Gasteiger partial charge < -0.3 is 10.0 Å². The summed E-state index contributed by atoms with van der Waals surface area (Å²) in [6.45, 7) is 2.38. The molecule has 30 heavy (non-hydrogen) atoms. The maximum Gasteiger partial charge on any atom is 0.257 e. The largest absolute Gasteiger partial charge is 0.378 e. The molecule has 1 aliphatic rings. The van der Waals surface area contributed by atoms with E-state index >= 15 is 0 Å². The van der Waals surface area contributed by atoms with Crippen molar-refractivity contribution in [1.82, 2.24) is 19.6 Å². The number of terminal acetylenes is 1. The van der Waals surface area contributed by atoms with Crippen LogP contribution in [0.1, 0.15) is 24.5 Å². The lowest BCUT2D eigenvalue weighted by Gasteiger charge is -2.33. The molecule has 7 heteroatoms. The Labute approximate surface area is 173 Å². The van der Waals surface area contributed by atoms with Gasteiger partial charge in [-0.05, 0) is 49.1 Å². The molecule has 0 spiro atoms. The highest BCUT2D eigenvalue weighted by Gasteiger charge is 2.27. The average Bonchev–Trinajstić information content (AvgIpc) is 3.21. The number of aliphatic hydroxyl groups is 1. The highest BCUT2D eigenvalue weighted by molar-refractivity contribution is 5.94. The summed E-state index contributed by atoms with van der Waals surface area (Å²) in [5, 5.41) is 19.1. The van der Waals surface area contributed by atoms with Gasteiger partial charge in [0.25, 0.3) is 5.78 Å². The van der Waals surface area contributed by atoms with Crippen LogP contribution >= 0.6 is 0 Å². The van der Waals surface area contributed by atoms with Gasteiger partial charge in [-0.1, -0.05) is 24.1 Å². The molecule has 2 aromatic carbocycles. The van der Waals surface area contributed by atoms with Crippen LogP contribution in [0.15, 0.2) is 42.7 Å². The summed E-state index contributed by atoms with van der Waals surface area (Å²) in [7, 11) is 0. The van der Waals surface area contributed by atoms with Crippen molar-refractivity contribution in [3.8, 4) is 12.3 Å². The minimum absolute atomic E-state index is 0.348. The first-order valence-electron chi connectivity index (χ1n) is 9.85. The van der Waals surface area contributed by atoms with Crippen molar-refractivity contribution >= 4 is 28.2 Å². The summed E-state index contributed by atoms with van der Waals surface area (Å²) in [5.41, 5.74) is 2.33. The number of hydrogen-bond donors (Lipinski definition) is 1. The molecule has 1 atom stereocenters. The minimum atomic E-state index is -1.22. The summed E-state index contributed by atoms with van der Waals surface area (Å²) in [6, 6.07) is 11.0. The Morgan fingerprint density at radius 3 is 2.93 bits per heavy atom. The number of benzene rings is 2. The van der Waals surface area contributed by atoms with Crippen LogP contribution in [0.4, 0.5) is 15.9 Å². The van der Waals surface area contributed by atoms with Crippen LogP contribution < -0.4 is 4.90 Å². The van der Waals surface area contributed by atoms with E-state index in [0.29, 0.717) is 28.9 Å². The van der Waals surface area contributed by atoms with Crippen LogP contribution in [0.2, 0.25) is 0 Å². The van der Waals surface area contributed by atoms with Crippen molar-refractivity contribution in [2.24, 2.45) is 0 Å². The molecule has 1 unspecified atom stereocenters.